The van der Waals surface area contributed by atoms with Gasteiger partial charge in [-0.15, -0.1) is 0 Å². The fraction of sp³-hybridized carbons (Fsp3) is 0.562. The van der Waals surface area contributed by atoms with E-state index in [4.69, 9.17) is 9.47 Å². The molecule has 0 aliphatic heterocycles. The Kier molecular flexibility index (Phi) is 5.67. The first kappa shape index (κ1) is 15.9. The Bertz CT molecular complexity index is 482. The predicted octanol–water partition coefficient (Wildman–Crippen LogP) is 3.60. The number of hydrogen-bond acceptors (Lipinski definition) is 3. The van der Waals surface area contributed by atoms with Crippen molar-refractivity contribution < 1.29 is 23.0 Å². The number of carbonyl (C=O) groups excluding carboxylic acids is 1. The van der Waals surface area contributed by atoms with E-state index in [0.29, 0.717) is 12.2 Å². The Balaban J connectivity index is 1.77. The van der Waals surface area contributed by atoms with Crippen LogP contribution in [0.15, 0.2) is 18.2 Å². The molecule has 116 valence electrons. The summed E-state index contributed by atoms with van der Waals surface area (Å²) in [6.45, 7) is 2.32. The van der Waals surface area contributed by atoms with Gasteiger partial charge in [-0.05, 0) is 38.7 Å². The first-order chi connectivity index (χ1) is 10.1. The first-order valence-electron chi connectivity index (χ1n) is 7.32. The Morgan fingerprint density at radius 3 is 2.57 bits per heavy atom. The molecule has 21 heavy (non-hydrogen) atoms. The van der Waals surface area contributed by atoms with Gasteiger partial charge in [0, 0.05) is 11.6 Å². The van der Waals surface area contributed by atoms with Crippen LogP contribution in [-0.2, 0) is 20.9 Å². The zero-order chi connectivity index (χ0) is 15.2. The fourth-order valence-electron chi connectivity index (χ4n) is 2.57. The summed E-state index contributed by atoms with van der Waals surface area (Å²) in [5.74, 6) is -1.37. The van der Waals surface area contributed by atoms with Crippen LogP contribution in [0.25, 0.3) is 0 Å². The number of hydrogen-bond donors (Lipinski definition) is 0. The van der Waals surface area contributed by atoms with E-state index in [1.54, 1.807) is 6.92 Å². The highest BCUT2D eigenvalue weighted by Crippen LogP contribution is 2.28. The highest BCUT2D eigenvalue weighted by molar-refractivity contribution is 5.72. The number of esters is 1. The number of benzene rings is 1. The molecule has 0 saturated heterocycles. The SMILES string of the molecule is CCOC(=O)[C@H]1CC[C@H](OCc2ccc(F)cc2F)CC1. The maximum Gasteiger partial charge on any atom is 0.308 e. The summed E-state index contributed by atoms with van der Waals surface area (Å²) in [6.07, 6.45) is 2.99. The smallest absolute Gasteiger partial charge is 0.308 e. The lowest BCUT2D eigenvalue weighted by Gasteiger charge is -2.27. The van der Waals surface area contributed by atoms with Crippen LogP contribution in [0.3, 0.4) is 0 Å². The molecule has 1 saturated carbocycles. The Labute approximate surface area is 123 Å². The number of rotatable bonds is 5. The Hall–Kier alpha value is -1.49. The summed E-state index contributed by atoms with van der Waals surface area (Å²) in [5, 5.41) is 0. The van der Waals surface area contributed by atoms with Gasteiger partial charge >= 0.3 is 5.97 Å². The third-order valence-corrected chi connectivity index (χ3v) is 3.78. The largest absolute Gasteiger partial charge is 0.466 e. The molecule has 0 aromatic heterocycles. The minimum absolute atomic E-state index is 0.0140. The van der Waals surface area contributed by atoms with Crippen molar-refractivity contribution in [2.24, 2.45) is 5.92 Å². The molecule has 0 unspecified atom stereocenters. The molecular formula is C16H20F2O3. The number of halogens is 2. The molecule has 0 bridgehead atoms. The molecule has 0 N–H and O–H groups in total. The van der Waals surface area contributed by atoms with Crippen molar-refractivity contribution in [1.29, 1.82) is 0 Å². The van der Waals surface area contributed by atoms with Gasteiger partial charge in [-0.2, -0.15) is 0 Å². The Morgan fingerprint density at radius 1 is 1.24 bits per heavy atom. The molecule has 0 radical (unpaired) electrons. The second-order valence-corrected chi connectivity index (χ2v) is 5.27. The van der Waals surface area contributed by atoms with Gasteiger partial charge in [0.1, 0.15) is 11.6 Å². The van der Waals surface area contributed by atoms with Crippen LogP contribution in [0.5, 0.6) is 0 Å². The van der Waals surface area contributed by atoms with Gasteiger partial charge in [0.05, 0.1) is 25.2 Å². The zero-order valence-electron chi connectivity index (χ0n) is 12.1. The minimum Gasteiger partial charge on any atom is -0.466 e. The molecule has 1 aromatic carbocycles. The quantitative estimate of drug-likeness (QED) is 0.779. The van der Waals surface area contributed by atoms with Gasteiger partial charge in [0.15, 0.2) is 0 Å². The molecule has 5 heteroatoms. The molecule has 3 nitrogen and oxygen atoms in total. The third-order valence-electron chi connectivity index (χ3n) is 3.78. The van der Waals surface area contributed by atoms with Crippen molar-refractivity contribution in [1.82, 2.24) is 0 Å². The van der Waals surface area contributed by atoms with E-state index in [1.165, 1.54) is 12.1 Å². The van der Waals surface area contributed by atoms with Gasteiger partial charge in [0.25, 0.3) is 0 Å². The van der Waals surface area contributed by atoms with E-state index in [1.807, 2.05) is 0 Å². The van der Waals surface area contributed by atoms with Crippen molar-refractivity contribution in [3.8, 4) is 0 Å². The van der Waals surface area contributed by atoms with Crippen LogP contribution in [0.1, 0.15) is 38.2 Å². The van der Waals surface area contributed by atoms with Gasteiger partial charge in [-0.3, -0.25) is 4.79 Å². The van der Waals surface area contributed by atoms with Crippen molar-refractivity contribution in [3.05, 3.63) is 35.4 Å². The van der Waals surface area contributed by atoms with Crippen LogP contribution in [0.4, 0.5) is 8.78 Å². The van der Waals surface area contributed by atoms with Crippen LogP contribution in [0, 0.1) is 17.6 Å². The van der Waals surface area contributed by atoms with E-state index in [-0.39, 0.29) is 24.6 Å². The van der Waals surface area contributed by atoms with E-state index >= 15 is 0 Å². The van der Waals surface area contributed by atoms with Crippen LogP contribution >= 0.6 is 0 Å². The van der Waals surface area contributed by atoms with E-state index in [9.17, 15) is 13.6 Å². The highest BCUT2D eigenvalue weighted by atomic mass is 19.1. The molecule has 1 aliphatic rings. The lowest BCUT2D eigenvalue weighted by Crippen LogP contribution is -2.27. The summed E-state index contributed by atoms with van der Waals surface area (Å²) in [4.78, 5) is 11.6. The summed E-state index contributed by atoms with van der Waals surface area (Å²) < 4.78 is 36.9. The van der Waals surface area contributed by atoms with E-state index in [2.05, 4.69) is 0 Å². The van der Waals surface area contributed by atoms with Crippen molar-refractivity contribution >= 4 is 5.97 Å². The molecule has 2 rings (SSSR count). The summed E-state index contributed by atoms with van der Waals surface area (Å²) in [6, 6.07) is 3.48. The van der Waals surface area contributed by atoms with E-state index in [0.717, 1.165) is 31.7 Å². The molecule has 0 atom stereocenters. The average molecular weight is 298 g/mol. The van der Waals surface area contributed by atoms with E-state index < -0.39 is 11.6 Å². The molecule has 0 spiro atoms. The second-order valence-electron chi connectivity index (χ2n) is 5.27. The first-order valence-corrected chi connectivity index (χ1v) is 7.32. The molecular weight excluding hydrogens is 278 g/mol. The fourth-order valence-corrected chi connectivity index (χ4v) is 2.57. The standard InChI is InChI=1S/C16H20F2O3/c1-2-20-16(19)11-4-7-14(8-5-11)21-10-12-3-6-13(17)9-15(12)18/h3,6,9,11,14H,2,4-5,7-8,10H2,1H3/t11-,14-. The van der Waals surface area contributed by atoms with Crippen molar-refractivity contribution in [3.63, 3.8) is 0 Å². The summed E-state index contributed by atoms with van der Waals surface area (Å²) >= 11 is 0. The van der Waals surface area contributed by atoms with Crippen LogP contribution < -0.4 is 0 Å². The maximum atomic E-state index is 13.5. The normalized spacial score (nSPS) is 22.0. The lowest BCUT2D eigenvalue weighted by atomic mass is 9.87. The second kappa shape index (κ2) is 7.50. The molecule has 1 aliphatic carbocycles. The zero-order valence-corrected chi connectivity index (χ0v) is 12.1. The molecule has 1 fully saturated rings. The monoisotopic (exact) mass is 298 g/mol. The number of ether oxygens (including phenoxy) is 2. The highest BCUT2D eigenvalue weighted by Gasteiger charge is 2.27. The summed E-state index contributed by atoms with van der Waals surface area (Å²) in [7, 11) is 0. The lowest BCUT2D eigenvalue weighted by molar-refractivity contribution is -0.150. The Morgan fingerprint density at radius 2 is 1.95 bits per heavy atom. The topological polar surface area (TPSA) is 35.5 Å². The molecule has 0 heterocycles. The maximum absolute atomic E-state index is 13.5. The minimum atomic E-state index is -0.591. The average Bonchev–Trinajstić information content (AvgIpc) is 2.47. The van der Waals surface area contributed by atoms with Crippen LogP contribution in [0.2, 0.25) is 0 Å². The van der Waals surface area contributed by atoms with Gasteiger partial charge in [-0.25, -0.2) is 8.78 Å². The molecule has 1 aromatic rings. The van der Waals surface area contributed by atoms with Gasteiger partial charge < -0.3 is 9.47 Å². The van der Waals surface area contributed by atoms with Gasteiger partial charge in [0.2, 0.25) is 0 Å². The number of carbonyl (C=O) groups is 1. The van der Waals surface area contributed by atoms with Crippen molar-refractivity contribution in [2.75, 3.05) is 6.61 Å². The summed E-state index contributed by atoms with van der Waals surface area (Å²) in [5.41, 5.74) is 0.351. The van der Waals surface area contributed by atoms with Crippen LogP contribution in [-0.4, -0.2) is 18.7 Å². The van der Waals surface area contributed by atoms with Crippen molar-refractivity contribution in [2.45, 2.75) is 45.3 Å². The molecule has 0 amide bonds. The predicted molar refractivity (Wildman–Crippen MR) is 73.5 cm³/mol. The van der Waals surface area contributed by atoms with Gasteiger partial charge in [-0.1, -0.05) is 6.07 Å². The third kappa shape index (κ3) is 4.49.